The summed E-state index contributed by atoms with van der Waals surface area (Å²) in [7, 11) is 0. The Kier molecular flexibility index (Phi) is 5.03. The summed E-state index contributed by atoms with van der Waals surface area (Å²) in [5.41, 5.74) is 6.13. The van der Waals surface area contributed by atoms with Gasteiger partial charge in [-0.2, -0.15) is 0 Å². The van der Waals surface area contributed by atoms with Crippen LogP contribution in [-0.4, -0.2) is 17.4 Å². The molecule has 0 aromatic heterocycles. The van der Waals surface area contributed by atoms with Crippen LogP contribution in [0.5, 0.6) is 0 Å². The predicted octanol–water partition coefficient (Wildman–Crippen LogP) is 3.71. The molecular formula is C22H28N2O2. The maximum absolute atomic E-state index is 12.6. The molecule has 26 heavy (non-hydrogen) atoms. The number of nitrogens with two attached hydrogens (primary N) is 1. The first-order chi connectivity index (χ1) is 12.3. The molecule has 0 atom stereocenters. The van der Waals surface area contributed by atoms with Crippen molar-refractivity contribution in [1.82, 2.24) is 5.32 Å². The van der Waals surface area contributed by atoms with Gasteiger partial charge in [0.05, 0.1) is 0 Å². The zero-order valence-corrected chi connectivity index (χ0v) is 15.7. The average Bonchev–Trinajstić information content (AvgIpc) is 2.62. The Morgan fingerprint density at radius 2 is 1.65 bits per heavy atom. The first-order valence-electron chi connectivity index (χ1n) is 9.39. The van der Waals surface area contributed by atoms with E-state index in [9.17, 15) is 9.59 Å². The van der Waals surface area contributed by atoms with Crippen LogP contribution in [0.25, 0.3) is 10.8 Å². The van der Waals surface area contributed by atoms with Crippen molar-refractivity contribution in [2.24, 2.45) is 11.1 Å². The molecule has 2 aromatic carbocycles. The second-order valence-corrected chi connectivity index (χ2v) is 8.30. The van der Waals surface area contributed by atoms with E-state index in [0.717, 1.165) is 18.4 Å². The Morgan fingerprint density at radius 1 is 1.00 bits per heavy atom. The smallest absolute Gasteiger partial charge is 0.243 e. The molecule has 3 rings (SSSR count). The molecule has 0 heterocycles. The first-order valence-corrected chi connectivity index (χ1v) is 9.39. The standard InChI is InChI=1S/C22H28N2O2/c1-21(2)12-14-22(15-13-21,20(23)26)24-19(25)11-10-17-8-5-7-16-6-3-4-9-18(16)17/h3-9H,10-15H2,1-2H3,(H2,23,26)(H,24,25). The third-order valence-electron chi connectivity index (χ3n) is 5.81. The van der Waals surface area contributed by atoms with Gasteiger partial charge in [0.25, 0.3) is 0 Å². The molecule has 0 unspecified atom stereocenters. The predicted molar refractivity (Wildman–Crippen MR) is 105 cm³/mol. The van der Waals surface area contributed by atoms with Gasteiger partial charge < -0.3 is 11.1 Å². The summed E-state index contributed by atoms with van der Waals surface area (Å²) in [5, 5.41) is 5.32. The zero-order chi connectivity index (χ0) is 18.8. The minimum Gasteiger partial charge on any atom is -0.368 e. The molecule has 0 saturated heterocycles. The molecule has 0 radical (unpaired) electrons. The quantitative estimate of drug-likeness (QED) is 0.861. The number of primary amides is 1. The third-order valence-corrected chi connectivity index (χ3v) is 5.81. The van der Waals surface area contributed by atoms with Crippen LogP contribution in [0.1, 0.15) is 51.5 Å². The highest BCUT2D eigenvalue weighted by atomic mass is 16.2. The highest BCUT2D eigenvalue weighted by molar-refractivity contribution is 5.91. The lowest BCUT2D eigenvalue weighted by molar-refractivity contribution is -0.133. The highest BCUT2D eigenvalue weighted by Gasteiger charge is 2.43. The fourth-order valence-electron chi connectivity index (χ4n) is 3.87. The fraction of sp³-hybridized carbons (Fsp3) is 0.455. The lowest BCUT2D eigenvalue weighted by atomic mass is 9.69. The minimum atomic E-state index is -0.884. The van der Waals surface area contributed by atoms with E-state index in [1.807, 2.05) is 18.2 Å². The van der Waals surface area contributed by atoms with Crippen molar-refractivity contribution in [3.8, 4) is 0 Å². The van der Waals surface area contributed by atoms with Crippen molar-refractivity contribution in [1.29, 1.82) is 0 Å². The van der Waals surface area contributed by atoms with Crippen molar-refractivity contribution in [2.45, 2.75) is 57.9 Å². The molecule has 1 fully saturated rings. The summed E-state index contributed by atoms with van der Waals surface area (Å²) in [4.78, 5) is 24.7. The van der Waals surface area contributed by atoms with Gasteiger partial charge in [0.2, 0.25) is 11.8 Å². The number of nitrogens with one attached hydrogen (secondary N) is 1. The van der Waals surface area contributed by atoms with Crippen molar-refractivity contribution < 1.29 is 9.59 Å². The van der Waals surface area contributed by atoms with E-state index in [2.05, 4.69) is 43.4 Å². The summed E-state index contributed by atoms with van der Waals surface area (Å²) in [6.07, 6.45) is 4.02. The Bertz CT molecular complexity index is 811. The molecule has 0 spiro atoms. The summed E-state index contributed by atoms with van der Waals surface area (Å²) in [6.45, 7) is 4.39. The number of benzene rings is 2. The number of fused-ring (bicyclic) bond motifs is 1. The Balaban J connectivity index is 1.67. The molecule has 2 amide bonds. The van der Waals surface area contributed by atoms with E-state index in [4.69, 9.17) is 5.73 Å². The summed E-state index contributed by atoms with van der Waals surface area (Å²) in [5.74, 6) is -0.511. The number of carbonyl (C=O) groups excluding carboxylic acids is 2. The van der Waals surface area contributed by atoms with Crippen LogP contribution in [-0.2, 0) is 16.0 Å². The second kappa shape index (κ2) is 7.10. The van der Waals surface area contributed by atoms with Gasteiger partial charge >= 0.3 is 0 Å². The maximum atomic E-state index is 12.6. The van der Waals surface area contributed by atoms with Crippen LogP contribution in [0.2, 0.25) is 0 Å². The number of hydrogen-bond acceptors (Lipinski definition) is 2. The van der Waals surface area contributed by atoms with Gasteiger partial charge in [-0.1, -0.05) is 56.3 Å². The number of hydrogen-bond donors (Lipinski definition) is 2. The molecule has 4 nitrogen and oxygen atoms in total. The lowest BCUT2D eigenvalue weighted by Gasteiger charge is -2.42. The second-order valence-electron chi connectivity index (χ2n) is 8.30. The largest absolute Gasteiger partial charge is 0.368 e. The summed E-state index contributed by atoms with van der Waals surface area (Å²) >= 11 is 0. The van der Waals surface area contributed by atoms with E-state index >= 15 is 0 Å². The molecule has 2 aromatic rings. The monoisotopic (exact) mass is 352 g/mol. The van der Waals surface area contributed by atoms with E-state index in [-0.39, 0.29) is 11.3 Å². The lowest BCUT2D eigenvalue weighted by Crippen LogP contribution is -2.59. The van der Waals surface area contributed by atoms with Gasteiger partial charge in [-0.15, -0.1) is 0 Å². The molecular weight excluding hydrogens is 324 g/mol. The van der Waals surface area contributed by atoms with E-state index in [1.54, 1.807) is 0 Å². The van der Waals surface area contributed by atoms with E-state index < -0.39 is 11.4 Å². The van der Waals surface area contributed by atoms with E-state index in [1.165, 1.54) is 10.8 Å². The Hall–Kier alpha value is -2.36. The van der Waals surface area contributed by atoms with Crippen molar-refractivity contribution in [3.05, 3.63) is 48.0 Å². The maximum Gasteiger partial charge on any atom is 0.243 e. The van der Waals surface area contributed by atoms with Gasteiger partial charge in [-0.3, -0.25) is 9.59 Å². The average molecular weight is 352 g/mol. The third kappa shape index (κ3) is 3.90. The van der Waals surface area contributed by atoms with Crippen molar-refractivity contribution in [3.63, 3.8) is 0 Å². The minimum absolute atomic E-state index is 0.101. The molecule has 1 aliphatic rings. The van der Waals surface area contributed by atoms with Crippen molar-refractivity contribution in [2.75, 3.05) is 0 Å². The number of aryl methyl sites for hydroxylation is 1. The van der Waals surface area contributed by atoms with Crippen molar-refractivity contribution >= 4 is 22.6 Å². The van der Waals surface area contributed by atoms with Crippen LogP contribution in [0.15, 0.2) is 42.5 Å². The molecule has 0 aliphatic heterocycles. The van der Waals surface area contributed by atoms with Crippen LogP contribution in [0, 0.1) is 5.41 Å². The number of carbonyl (C=O) groups is 2. The number of rotatable bonds is 5. The summed E-state index contributed by atoms with van der Waals surface area (Å²) in [6, 6.07) is 14.3. The molecule has 4 heteroatoms. The fourth-order valence-corrected chi connectivity index (χ4v) is 3.87. The van der Waals surface area contributed by atoms with Gasteiger partial charge in [0.1, 0.15) is 5.54 Å². The van der Waals surface area contributed by atoms with Gasteiger partial charge in [0, 0.05) is 6.42 Å². The van der Waals surface area contributed by atoms with Crippen LogP contribution < -0.4 is 11.1 Å². The molecule has 3 N–H and O–H groups in total. The normalized spacial score (nSPS) is 18.4. The van der Waals surface area contributed by atoms with Crippen LogP contribution in [0.4, 0.5) is 0 Å². The highest BCUT2D eigenvalue weighted by Crippen LogP contribution is 2.40. The molecule has 0 bridgehead atoms. The van der Waals surface area contributed by atoms with Crippen LogP contribution >= 0.6 is 0 Å². The molecule has 1 saturated carbocycles. The first kappa shape index (κ1) is 18.4. The van der Waals surface area contributed by atoms with Gasteiger partial charge in [0.15, 0.2) is 0 Å². The van der Waals surface area contributed by atoms with Gasteiger partial charge in [-0.25, -0.2) is 0 Å². The van der Waals surface area contributed by atoms with E-state index in [0.29, 0.717) is 25.7 Å². The topological polar surface area (TPSA) is 72.2 Å². The zero-order valence-electron chi connectivity index (χ0n) is 15.7. The molecule has 1 aliphatic carbocycles. The summed E-state index contributed by atoms with van der Waals surface area (Å²) < 4.78 is 0. The van der Waals surface area contributed by atoms with Gasteiger partial charge in [-0.05, 0) is 53.9 Å². The van der Waals surface area contributed by atoms with Crippen LogP contribution in [0.3, 0.4) is 0 Å². The Morgan fingerprint density at radius 3 is 2.35 bits per heavy atom. The molecule has 138 valence electrons. The Labute approximate surface area is 155 Å². The SMILES string of the molecule is CC1(C)CCC(NC(=O)CCc2cccc3ccccc23)(C(N)=O)CC1. The number of amides is 2.